The summed E-state index contributed by atoms with van der Waals surface area (Å²) in [6.45, 7) is 0. The number of allylic oxidation sites excluding steroid dienone is 1. The third kappa shape index (κ3) is 1.39. The first-order valence-corrected chi connectivity index (χ1v) is 5.11. The summed E-state index contributed by atoms with van der Waals surface area (Å²) in [6, 6.07) is 5.36. The van der Waals surface area contributed by atoms with Gasteiger partial charge in [0.15, 0.2) is 23.7 Å². The summed E-state index contributed by atoms with van der Waals surface area (Å²) in [5.74, 6) is 1.38. The van der Waals surface area contributed by atoms with Crippen LogP contribution in [0.3, 0.4) is 0 Å². The Bertz CT molecular complexity index is 494. The van der Waals surface area contributed by atoms with Gasteiger partial charge >= 0.3 is 0 Å². The second-order valence-corrected chi connectivity index (χ2v) is 3.90. The van der Waals surface area contributed by atoms with Crippen molar-refractivity contribution in [2.75, 3.05) is 5.73 Å². The Morgan fingerprint density at radius 2 is 1.81 bits per heavy atom. The molecule has 0 saturated carbocycles. The van der Waals surface area contributed by atoms with E-state index in [0.717, 1.165) is 0 Å². The predicted molar refractivity (Wildman–Crippen MR) is 61.1 cm³/mol. The highest BCUT2D eigenvalue weighted by molar-refractivity contribution is 5.53. The molecule has 2 unspecified atom stereocenters. The highest BCUT2D eigenvalue weighted by Gasteiger charge is 2.30. The van der Waals surface area contributed by atoms with Crippen LogP contribution in [-0.4, -0.2) is 12.2 Å². The van der Waals surface area contributed by atoms with E-state index in [2.05, 4.69) is 0 Å². The SMILES string of the molecule is NC1=CC2Oc3ccc(N)cc3OC2C=C1. The van der Waals surface area contributed by atoms with Gasteiger partial charge in [0.05, 0.1) is 0 Å². The van der Waals surface area contributed by atoms with Crippen LogP contribution >= 0.6 is 0 Å². The van der Waals surface area contributed by atoms with Crippen molar-refractivity contribution >= 4 is 5.69 Å². The first kappa shape index (κ1) is 9.15. The van der Waals surface area contributed by atoms with Crippen molar-refractivity contribution in [1.82, 2.24) is 0 Å². The molecule has 1 heterocycles. The largest absolute Gasteiger partial charge is 0.478 e. The maximum atomic E-state index is 5.77. The summed E-state index contributed by atoms with van der Waals surface area (Å²) in [7, 11) is 0. The van der Waals surface area contributed by atoms with Crippen LogP contribution < -0.4 is 20.9 Å². The molecular weight excluding hydrogens is 204 g/mol. The molecule has 0 saturated heterocycles. The molecular formula is C12H12N2O2. The van der Waals surface area contributed by atoms with E-state index in [0.29, 0.717) is 22.9 Å². The van der Waals surface area contributed by atoms with Crippen LogP contribution in [0.5, 0.6) is 11.5 Å². The second-order valence-electron chi connectivity index (χ2n) is 3.90. The fourth-order valence-electron chi connectivity index (χ4n) is 1.87. The molecule has 16 heavy (non-hydrogen) atoms. The summed E-state index contributed by atoms with van der Waals surface area (Å²) >= 11 is 0. The molecule has 4 N–H and O–H groups in total. The van der Waals surface area contributed by atoms with E-state index < -0.39 is 0 Å². The lowest BCUT2D eigenvalue weighted by Gasteiger charge is -2.32. The maximum Gasteiger partial charge on any atom is 0.164 e. The molecule has 0 spiro atoms. The number of anilines is 1. The lowest BCUT2D eigenvalue weighted by atomic mass is 10.0. The molecule has 0 fully saturated rings. The molecule has 4 heteroatoms. The highest BCUT2D eigenvalue weighted by Crippen LogP contribution is 2.37. The summed E-state index contributed by atoms with van der Waals surface area (Å²) in [5.41, 5.74) is 12.8. The van der Waals surface area contributed by atoms with Crippen molar-refractivity contribution < 1.29 is 9.47 Å². The number of hydrogen-bond donors (Lipinski definition) is 2. The fourth-order valence-corrected chi connectivity index (χ4v) is 1.87. The van der Waals surface area contributed by atoms with Crippen LogP contribution in [0, 0.1) is 0 Å². The first-order valence-electron chi connectivity index (χ1n) is 5.11. The van der Waals surface area contributed by atoms with Gasteiger partial charge in [-0.3, -0.25) is 0 Å². The van der Waals surface area contributed by atoms with Crippen LogP contribution in [0.2, 0.25) is 0 Å². The minimum absolute atomic E-state index is 0.124. The smallest absolute Gasteiger partial charge is 0.164 e. The molecule has 2 aliphatic rings. The fraction of sp³-hybridized carbons (Fsp3) is 0.167. The van der Waals surface area contributed by atoms with Gasteiger partial charge in [0.1, 0.15) is 0 Å². The topological polar surface area (TPSA) is 70.5 Å². The molecule has 0 aromatic heterocycles. The molecule has 4 nitrogen and oxygen atoms in total. The Morgan fingerprint density at radius 3 is 2.69 bits per heavy atom. The lowest BCUT2D eigenvalue weighted by Crippen LogP contribution is -2.39. The zero-order valence-electron chi connectivity index (χ0n) is 8.59. The number of benzene rings is 1. The van der Waals surface area contributed by atoms with E-state index in [1.54, 1.807) is 12.1 Å². The highest BCUT2D eigenvalue weighted by atomic mass is 16.6. The van der Waals surface area contributed by atoms with E-state index in [4.69, 9.17) is 20.9 Å². The normalized spacial score (nSPS) is 25.9. The van der Waals surface area contributed by atoms with Gasteiger partial charge in [-0.25, -0.2) is 0 Å². The maximum absolute atomic E-state index is 5.77. The van der Waals surface area contributed by atoms with Crippen molar-refractivity contribution in [3.63, 3.8) is 0 Å². The van der Waals surface area contributed by atoms with E-state index in [1.165, 1.54) is 0 Å². The Kier molecular flexibility index (Phi) is 1.83. The minimum atomic E-state index is -0.152. The molecule has 0 bridgehead atoms. The quantitative estimate of drug-likeness (QED) is 0.639. The molecule has 82 valence electrons. The number of ether oxygens (including phenoxy) is 2. The standard InChI is InChI=1S/C12H12N2O2/c13-7-1-3-9-11(5-7)16-10-4-2-8(14)6-12(10)15-9/h1-6,9,11H,13-14H2. The van der Waals surface area contributed by atoms with Gasteiger partial charge in [-0.05, 0) is 30.4 Å². The molecule has 1 aromatic carbocycles. The zero-order valence-corrected chi connectivity index (χ0v) is 8.59. The summed E-state index contributed by atoms with van der Waals surface area (Å²) < 4.78 is 11.5. The summed E-state index contributed by atoms with van der Waals surface area (Å²) in [6.07, 6.45) is 5.29. The van der Waals surface area contributed by atoms with Gasteiger partial charge in [-0.15, -0.1) is 0 Å². The van der Waals surface area contributed by atoms with Crippen molar-refractivity contribution in [1.29, 1.82) is 0 Å². The monoisotopic (exact) mass is 216 g/mol. The molecule has 1 aromatic rings. The van der Waals surface area contributed by atoms with Crippen molar-refractivity contribution in [2.45, 2.75) is 12.2 Å². The Morgan fingerprint density at radius 1 is 1.00 bits per heavy atom. The van der Waals surface area contributed by atoms with E-state index >= 15 is 0 Å². The number of hydrogen-bond acceptors (Lipinski definition) is 4. The van der Waals surface area contributed by atoms with Crippen LogP contribution in [0.1, 0.15) is 0 Å². The molecule has 1 aliphatic carbocycles. The minimum Gasteiger partial charge on any atom is -0.478 e. The molecule has 0 amide bonds. The number of nitrogen functional groups attached to an aromatic ring is 1. The van der Waals surface area contributed by atoms with Gasteiger partial charge < -0.3 is 20.9 Å². The Labute approximate surface area is 93.1 Å². The van der Waals surface area contributed by atoms with Gasteiger partial charge in [0, 0.05) is 17.5 Å². The summed E-state index contributed by atoms with van der Waals surface area (Å²) in [5, 5.41) is 0. The van der Waals surface area contributed by atoms with Crippen LogP contribution in [0.4, 0.5) is 5.69 Å². The summed E-state index contributed by atoms with van der Waals surface area (Å²) in [4.78, 5) is 0. The predicted octanol–water partition coefficient (Wildman–Crippen LogP) is 1.19. The molecule has 1 aliphatic heterocycles. The van der Waals surface area contributed by atoms with Crippen LogP contribution in [0.15, 0.2) is 42.1 Å². The van der Waals surface area contributed by atoms with E-state index in [1.807, 2.05) is 24.3 Å². The van der Waals surface area contributed by atoms with Crippen LogP contribution in [0.25, 0.3) is 0 Å². The van der Waals surface area contributed by atoms with Gasteiger partial charge in [0.2, 0.25) is 0 Å². The average molecular weight is 216 g/mol. The van der Waals surface area contributed by atoms with Gasteiger partial charge in [-0.1, -0.05) is 0 Å². The second kappa shape index (κ2) is 3.20. The van der Waals surface area contributed by atoms with E-state index in [9.17, 15) is 0 Å². The zero-order chi connectivity index (χ0) is 11.1. The Hall–Kier alpha value is -2.10. The average Bonchev–Trinajstić information content (AvgIpc) is 2.26. The lowest BCUT2D eigenvalue weighted by molar-refractivity contribution is 0.0750. The third-order valence-electron chi connectivity index (χ3n) is 2.65. The van der Waals surface area contributed by atoms with Crippen molar-refractivity contribution in [3.8, 4) is 11.5 Å². The molecule has 3 rings (SSSR count). The number of nitrogens with two attached hydrogens (primary N) is 2. The van der Waals surface area contributed by atoms with E-state index in [-0.39, 0.29) is 12.2 Å². The first-order chi connectivity index (χ1) is 7.72. The van der Waals surface area contributed by atoms with Crippen LogP contribution in [-0.2, 0) is 0 Å². The Balaban J connectivity index is 1.98. The molecule has 0 radical (unpaired) electrons. The number of fused-ring (bicyclic) bond motifs is 2. The van der Waals surface area contributed by atoms with Gasteiger partial charge in [0.25, 0.3) is 0 Å². The van der Waals surface area contributed by atoms with Crippen molar-refractivity contribution in [3.05, 3.63) is 42.1 Å². The number of rotatable bonds is 0. The third-order valence-corrected chi connectivity index (χ3v) is 2.65. The van der Waals surface area contributed by atoms with Gasteiger partial charge in [-0.2, -0.15) is 0 Å². The molecule has 2 atom stereocenters. The van der Waals surface area contributed by atoms with Crippen molar-refractivity contribution in [2.24, 2.45) is 5.73 Å².